The fraction of sp³-hybridized carbons (Fsp3) is 0.154. The monoisotopic (exact) mass is 546 g/mol. The van der Waals surface area contributed by atoms with Crippen molar-refractivity contribution in [1.29, 1.82) is 0 Å². The molecule has 0 bridgehead atoms. The zero-order chi connectivity index (χ0) is 26.2. The van der Waals surface area contributed by atoms with Crippen LogP contribution >= 0.6 is 22.9 Å². The highest BCUT2D eigenvalue weighted by atomic mass is 35.5. The molecule has 0 spiro atoms. The number of halogens is 1. The number of aryl methyl sites for hydroxylation is 1. The van der Waals surface area contributed by atoms with Crippen molar-refractivity contribution < 1.29 is 19.0 Å². The third-order valence-corrected chi connectivity index (χ3v) is 6.93. The number of aromatic nitrogens is 5. The highest BCUT2D eigenvalue weighted by molar-refractivity contribution is 7.21. The molecule has 0 aliphatic carbocycles. The summed E-state index contributed by atoms with van der Waals surface area (Å²) in [6.07, 6.45) is 4.24. The molecule has 1 N–H and O–H groups in total. The molecule has 10 nitrogen and oxygen atoms in total. The van der Waals surface area contributed by atoms with Crippen LogP contribution in [-0.4, -0.2) is 44.5 Å². The number of ether oxygens (including phenoxy) is 3. The molecular formula is C26H19ClN6O4S. The maximum atomic E-state index is 13.3. The zero-order valence-electron chi connectivity index (χ0n) is 20.1. The predicted molar refractivity (Wildman–Crippen MR) is 142 cm³/mol. The van der Waals surface area contributed by atoms with Crippen molar-refractivity contribution in [1.82, 2.24) is 24.9 Å². The summed E-state index contributed by atoms with van der Waals surface area (Å²) in [6, 6.07) is 11.2. The SMILES string of the molecule is COc1cnc(Cl)cc1-c1cc(C)ncc1C(=O)Nc1nc2ncc(OC3COc4ccccc43)nc2s1. The van der Waals surface area contributed by atoms with Crippen LogP contribution in [0.15, 0.2) is 55.0 Å². The van der Waals surface area contributed by atoms with E-state index >= 15 is 0 Å². The van der Waals surface area contributed by atoms with Crippen molar-refractivity contribution >= 4 is 44.5 Å². The third kappa shape index (κ3) is 4.57. The van der Waals surface area contributed by atoms with Gasteiger partial charge in [0.2, 0.25) is 5.88 Å². The van der Waals surface area contributed by atoms with Gasteiger partial charge < -0.3 is 14.2 Å². The summed E-state index contributed by atoms with van der Waals surface area (Å²) >= 11 is 7.33. The third-order valence-electron chi connectivity index (χ3n) is 5.87. The Hall–Kier alpha value is -4.35. The molecule has 0 saturated heterocycles. The van der Waals surface area contributed by atoms with Crippen molar-refractivity contribution in [3.8, 4) is 28.5 Å². The van der Waals surface area contributed by atoms with Gasteiger partial charge in [-0.05, 0) is 25.1 Å². The number of rotatable bonds is 6. The van der Waals surface area contributed by atoms with Gasteiger partial charge in [0, 0.05) is 28.6 Å². The van der Waals surface area contributed by atoms with Crippen LogP contribution in [0.1, 0.15) is 27.7 Å². The Kier molecular flexibility index (Phi) is 6.22. The van der Waals surface area contributed by atoms with Crippen molar-refractivity contribution in [2.45, 2.75) is 13.0 Å². The molecule has 1 aromatic carbocycles. The van der Waals surface area contributed by atoms with Crippen LogP contribution in [0.2, 0.25) is 5.15 Å². The van der Waals surface area contributed by atoms with Crippen molar-refractivity contribution in [3.05, 3.63) is 77.0 Å². The minimum Gasteiger partial charge on any atom is -0.494 e. The summed E-state index contributed by atoms with van der Waals surface area (Å²) in [5, 5.41) is 3.44. The quantitative estimate of drug-likeness (QED) is 0.283. The summed E-state index contributed by atoms with van der Waals surface area (Å²) in [7, 11) is 1.53. The summed E-state index contributed by atoms with van der Waals surface area (Å²) in [6.45, 7) is 2.23. The van der Waals surface area contributed by atoms with E-state index in [0.717, 1.165) is 17.0 Å². The van der Waals surface area contributed by atoms with Gasteiger partial charge in [0.05, 0.1) is 25.1 Å². The standard InChI is InChI=1S/C26H19ClN6O4S/c1-13-7-15(16-8-21(27)29-10-19(16)35-2)17(9-28-13)24(34)33-26-32-23-25(38-26)31-22(11-30-23)37-20-12-36-18-6-4-3-5-14(18)20/h3-11,20H,12H2,1-2H3,(H,30,32,33,34). The molecule has 0 saturated carbocycles. The number of hydrogen-bond donors (Lipinski definition) is 1. The Morgan fingerprint density at radius 3 is 2.84 bits per heavy atom. The molecule has 38 heavy (non-hydrogen) atoms. The molecule has 5 aromatic rings. The number of anilines is 1. The van der Waals surface area contributed by atoms with Gasteiger partial charge in [-0.1, -0.05) is 41.1 Å². The molecule has 190 valence electrons. The molecule has 0 radical (unpaired) electrons. The molecule has 1 atom stereocenters. The molecule has 1 amide bonds. The van der Waals surface area contributed by atoms with Crippen molar-refractivity contribution in [2.75, 3.05) is 19.0 Å². The van der Waals surface area contributed by atoms with Gasteiger partial charge in [-0.25, -0.2) is 9.97 Å². The molecule has 1 unspecified atom stereocenters. The Labute approximate surface area is 225 Å². The lowest BCUT2D eigenvalue weighted by Crippen LogP contribution is -2.14. The zero-order valence-corrected chi connectivity index (χ0v) is 21.7. The first-order valence-electron chi connectivity index (χ1n) is 11.5. The lowest BCUT2D eigenvalue weighted by molar-refractivity contribution is 0.102. The van der Waals surface area contributed by atoms with Crippen LogP contribution in [0.4, 0.5) is 5.13 Å². The second kappa shape index (κ2) is 9.84. The second-order valence-corrected chi connectivity index (χ2v) is 9.71. The van der Waals surface area contributed by atoms with Crippen LogP contribution in [0.5, 0.6) is 17.4 Å². The highest BCUT2D eigenvalue weighted by Gasteiger charge is 2.26. The van der Waals surface area contributed by atoms with E-state index in [2.05, 4.69) is 30.2 Å². The number of hydrogen-bond acceptors (Lipinski definition) is 10. The summed E-state index contributed by atoms with van der Waals surface area (Å²) in [4.78, 5) is 35.5. The topological polar surface area (TPSA) is 121 Å². The van der Waals surface area contributed by atoms with Gasteiger partial charge in [-0.3, -0.25) is 15.1 Å². The van der Waals surface area contributed by atoms with Gasteiger partial charge in [-0.2, -0.15) is 9.97 Å². The van der Waals surface area contributed by atoms with E-state index in [9.17, 15) is 4.79 Å². The molecular weight excluding hydrogens is 528 g/mol. The van der Waals surface area contributed by atoms with Gasteiger partial charge >= 0.3 is 0 Å². The molecule has 4 aromatic heterocycles. The van der Waals surface area contributed by atoms with E-state index in [1.165, 1.54) is 37.0 Å². The fourth-order valence-corrected chi connectivity index (χ4v) is 5.05. The first kappa shape index (κ1) is 24.0. The van der Waals surface area contributed by atoms with E-state index in [4.69, 9.17) is 25.8 Å². The van der Waals surface area contributed by atoms with Gasteiger partial charge in [0.25, 0.3) is 5.91 Å². The van der Waals surface area contributed by atoms with Crippen molar-refractivity contribution in [3.63, 3.8) is 0 Å². The smallest absolute Gasteiger partial charge is 0.259 e. The van der Waals surface area contributed by atoms with Gasteiger partial charge in [-0.15, -0.1) is 0 Å². The van der Waals surface area contributed by atoms with E-state index in [1.54, 1.807) is 12.1 Å². The Balaban J connectivity index is 1.26. The number of methoxy groups -OCH3 is 1. The molecule has 6 rings (SSSR count). The molecule has 5 heterocycles. The fourth-order valence-electron chi connectivity index (χ4n) is 4.11. The van der Waals surface area contributed by atoms with E-state index in [1.807, 2.05) is 31.2 Å². The van der Waals surface area contributed by atoms with E-state index < -0.39 is 5.91 Å². The molecule has 0 fully saturated rings. The molecule has 12 heteroatoms. The lowest BCUT2D eigenvalue weighted by atomic mass is 10.0. The number of pyridine rings is 2. The van der Waals surface area contributed by atoms with Crippen LogP contribution in [0.3, 0.4) is 0 Å². The first-order valence-corrected chi connectivity index (χ1v) is 12.7. The Morgan fingerprint density at radius 1 is 1.11 bits per heavy atom. The van der Waals surface area contributed by atoms with E-state index in [-0.39, 0.29) is 11.3 Å². The predicted octanol–water partition coefficient (Wildman–Crippen LogP) is 5.28. The van der Waals surface area contributed by atoms with Gasteiger partial charge in [0.15, 0.2) is 21.7 Å². The summed E-state index contributed by atoms with van der Waals surface area (Å²) < 4.78 is 17.2. The number of thiazole rings is 1. The second-order valence-electron chi connectivity index (χ2n) is 8.34. The normalized spacial score (nSPS) is 14.1. The van der Waals surface area contributed by atoms with Crippen molar-refractivity contribution in [2.24, 2.45) is 0 Å². The number of nitrogens with zero attached hydrogens (tertiary/aromatic N) is 5. The van der Waals surface area contributed by atoms with Crippen LogP contribution < -0.4 is 19.5 Å². The van der Waals surface area contributed by atoms with Crippen LogP contribution in [0, 0.1) is 6.92 Å². The van der Waals surface area contributed by atoms with E-state index in [0.29, 0.717) is 50.5 Å². The van der Waals surface area contributed by atoms with Crippen LogP contribution in [-0.2, 0) is 0 Å². The average Bonchev–Trinajstić information content (AvgIpc) is 3.51. The van der Waals surface area contributed by atoms with Gasteiger partial charge in [0.1, 0.15) is 23.3 Å². The minimum absolute atomic E-state index is 0.274. The van der Waals surface area contributed by atoms with Crippen LogP contribution in [0.25, 0.3) is 21.6 Å². The summed E-state index contributed by atoms with van der Waals surface area (Å²) in [5.41, 5.74) is 3.62. The number of nitrogens with one attached hydrogen (secondary N) is 1. The lowest BCUT2D eigenvalue weighted by Gasteiger charge is -2.13. The average molecular weight is 547 g/mol. The maximum Gasteiger partial charge on any atom is 0.259 e. The number of amides is 1. The Bertz CT molecular complexity index is 1690. The number of para-hydroxylation sites is 1. The number of carbonyl (C=O) groups is 1. The minimum atomic E-state index is -0.405. The number of fused-ring (bicyclic) bond motifs is 2. The largest absolute Gasteiger partial charge is 0.494 e. The summed E-state index contributed by atoms with van der Waals surface area (Å²) in [5.74, 6) is 1.21. The molecule has 1 aliphatic heterocycles. The Morgan fingerprint density at radius 2 is 1.97 bits per heavy atom. The first-order chi connectivity index (χ1) is 18.5. The highest BCUT2D eigenvalue weighted by Crippen LogP contribution is 2.36. The maximum absolute atomic E-state index is 13.3. The molecule has 1 aliphatic rings. The number of benzene rings is 1. The number of carbonyl (C=O) groups excluding carboxylic acids is 1.